The summed E-state index contributed by atoms with van der Waals surface area (Å²) in [5.74, 6) is 0.936. The van der Waals surface area contributed by atoms with Gasteiger partial charge in [-0.05, 0) is 28.4 Å². The van der Waals surface area contributed by atoms with Crippen LogP contribution in [0.15, 0.2) is 22.9 Å². The minimum Gasteiger partial charge on any atom is -0.467 e. The Morgan fingerprint density at radius 3 is 2.70 bits per heavy atom. The Morgan fingerprint density at radius 1 is 1.20 bits per heavy atom. The zero-order chi connectivity index (χ0) is 14.4. The van der Waals surface area contributed by atoms with Crippen LogP contribution in [0, 0.1) is 0 Å². The van der Waals surface area contributed by atoms with Gasteiger partial charge in [0.05, 0.1) is 13.3 Å². The van der Waals surface area contributed by atoms with E-state index in [4.69, 9.17) is 9.47 Å². The van der Waals surface area contributed by atoms with Gasteiger partial charge in [-0.2, -0.15) is 9.97 Å². The zero-order valence-electron chi connectivity index (χ0n) is 11.1. The van der Waals surface area contributed by atoms with Crippen LogP contribution in [0.25, 0.3) is 0 Å². The van der Waals surface area contributed by atoms with Crippen LogP contribution in [-0.4, -0.2) is 33.6 Å². The number of hydrogen-bond donors (Lipinski definition) is 1. The zero-order valence-corrected chi connectivity index (χ0v) is 12.7. The number of aromatic nitrogens is 4. The van der Waals surface area contributed by atoms with Gasteiger partial charge in [0.1, 0.15) is 0 Å². The van der Waals surface area contributed by atoms with E-state index in [0.717, 1.165) is 17.4 Å². The summed E-state index contributed by atoms with van der Waals surface area (Å²) < 4.78 is 11.4. The summed E-state index contributed by atoms with van der Waals surface area (Å²) in [5, 5.41) is 3.06. The molecule has 0 saturated carbocycles. The number of rotatable bonds is 6. The summed E-state index contributed by atoms with van der Waals surface area (Å²) in [6.07, 6.45) is 4.19. The molecule has 2 rings (SSSR count). The van der Waals surface area contributed by atoms with E-state index in [2.05, 4.69) is 48.1 Å². The van der Waals surface area contributed by atoms with E-state index in [1.54, 1.807) is 18.5 Å². The Morgan fingerprint density at radius 2 is 2.00 bits per heavy atom. The molecule has 0 saturated heterocycles. The van der Waals surface area contributed by atoms with Crippen molar-refractivity contribution < 1.29 is 9.47 Å². The minimum atomic E-state index is 0.148. The van der Waals surface area contributed by atoms with Crippen molar-refractivity contribution in [1.82, 2.24) is 19.9 Å². The molecule has 8 heteroatoms. The minimum absolute atomic E-state index is 0.148. The molecule has 20 heavy (non-hydrogen) atoms. The lowest BCUT2D eigenvalue weighted by Gasteiger charge is -2.08. The van der Waals surface area contributed by atoms with Crippen molar-refractivity contribution in [3.8, 4) is 17.8 Å². The van der Waals surface area contributed by atoms with Crippen LogP contribution < -0.4 is 14.8 Å². The summed E-state index contributed by atoms with van der Waals surface area (Å²) in [4.78, 5) is 16.3. The number of pyridine rings is 1. The quantitative estimate of drug-likeness (QED) is 0.866. The second-order valence-corrected chi connectivity index (χ2v) is 4.71. The van der Waals surface area contributed by atoms with E-state index in [1.807, 2.05) is 0 Å². The lowest BCUT2D eigenvalue weighted by molar-refractivity contribution is 0.359. The molecule has 0 aliphatic rings. The molecule has 1 N–H and O–H groups in total. The molecule has 106 valence electrons. The fourth-order valence-corrected chi connectivity index (χ4v) is 1.69. The van der Waals surface area contributed by atoms with E-state index in [0.29, 0.717) is 11.7 Å². The number of halogens is 1. The van der Waals surface area contributed by atoms with Crippen LogP contribution in [0.4, 0.5) is 5.95 Å². The van der Waals surface area contributed by atoms with E-state index in [1.165, 1.54) is 7.11 Å². The highest BCUT2D eigenvalue weighted by Crippen LogP contribution is 2.22. The van der Waals surface area contributed by atoms with Crippen LogP contribution in [0.5, 0.6) is 17.8 Å². The van der Waals surface area contributed by atoms with Gasteiger partial charge in [0, 0.05) is 17.2 Å². The second kappa shape index (κ2) is 6.99. The number of hydrogen-bond acceptors (Lipinski definition) is 7. The summed E-state index contributed by atoms with van der Waals surface area (Å²) >= 11 is 3.32. The standard InChI is InChI=1S/C12H14BrN5O2/c1-3-4-15-10-16-11(19-2)18-12(17-10)20-9-5-8(13)6-14-7-9/h5-7H,3-4H2,1-2H3,(H,15,16,17,18). The van der Waals surface area contributed by atoms with Crippen molar-refractivity contribution in [3.63, 3.8) is 0 Å². The molecular formula is C12H14BrN5O2. The van der Waals surface area contributed by atoms with Gasteiger partial charge in [-0.15, -0.1) is 4.98 Å². The molecule has 0 fully saturated rings. The Labute approximate surface area is 124 Å². The second-order valence-electron chi connectivity index (χ2n) is 3.80. The summed E-state index contributed by atoms with van der Waals surface area (Å²) in [6.45, 7) is 2.81. The molecular weight excluding hydrogens is 326 g/mol. The molecule has 2 aromatic rings. The molecule has 7 nitrogen and oxygen atoms in total. The van der Waals surface area contributed by atoms with Gasteiger partial charge in [0.15, 0.2) is 5.75 Å². The van der Waals surface area contributed by atoms with Crippen molar-refractivity contribution >= 4 is 21.9 Å². The predicted octanol–water partition coefficient (Wildman–Crippen LogP) is 2.65. The van der Waals surface area contributed by atoms with E-state index < -0.39 is 0 Å². The average Bonchev–Trinajstić information content (AvgIpc) is 2.45. The van der Waals surface area contributed by atoms with Gasteiger partial charge in [0.2, 0.25) is 5.95 Å². The monoisotopic (exact) mass is 339 g/mol. The Balaban J connectivity index is 2.21. The molecule has 0 aliphatic heterocycles. The van der Waals surface area contributed by atoms with Gasteiger partial charge in [-0.3, -0.25) is 4.98 Å². The molecule has 0 spiro atoms. The average molecular weight is 340 g/mol. The summed E-state index contributed by atoms with van der Waals surface area (Å²) in [6, 6.07) is 2.11. The fraction of sp³-hybridized carbons (Fsp3) is 0.333. The first-order valence-electron chi connectivity index (χ1n) is 6.03. The predicted molar refractivity (Wildman–Crippen MR) is 77.2 cm³/mol. The summed E-state index contributed by atoms with van der Waals surface area (Å²) in [7, 11) is 1.49. The number of anilines is 1. The van der Waals surface area contributed by atoms with E-state index in [-0.39, 0.29) is 12.0 Å². The molecule has 0 amide bonds. The van der Waals surface area contributed by atoms with Crippen molar-refractivity contribution in [2.24, 2.45) is 0 Å². The number of ether oxygens (including phenoxy) is 2. The molecule has 0 bridgehead atoms. The fourth-order valence-electron chi connectivity index (χ4n) is 1.34. The van der Waals surface area contributed by atoms with Crippen LogP contribution in [0.3, 0.4) is 0 Å². The third kappa shape index (κ3) is 4.02. The lowest BCUT2D eigenvalue weighted by atomic mass is 10.5. The van der Waals surface area contributed by atoms with Crippen LogP contribution in [0.2, 0.25) is 0 Å². The third-order valence-corrected chi connectivity index (χ3v) is 2.63. The molecule has 0 unspecified atom stereocenters. The topological polar surface area (TPSA) is 82.1 Å². The molecule has 0 aliphatic carbocycles. The van der Waals surface area contributed by atoms with Crippen LogP contribution >= 0.6 is 15.9 Å². The van der Waals surface area contributed by atoms with E-state index >= 15 is 0 Å². The van der Waals surface area contributed by atoms with Crippen molar-refractivity contribution in [3.05, 3.63) is 22.9 Å². The van der Waals surface area contributed by atoms with Gasteiger partial charge < -0.3 is 14.8 Å². The highest BCUT2D eigenvalue weighted by Gasteiger charge is 2.09. The smallest absolute Gasteiger partial charge is 0.330 e. The summed E-state index contributed by atoms with van der Waals surface area (Å²) in [5.41, 5.74) is 0. The van der Waals surface area contributed by atoms with Gasteiger partial charge in [0.25, 0.3) is 0 Å². The SMILES string of the molecule is CCCNc1nc(OC)nc(Oc2cncc(Br)c2)n1. The van der Waals surface area contributed by atoms with Crippen molar-refractivity contribution in [2.45, 2.75) is 13.3 Å². The highest BCUT2D eigenvalue weighted by atomic mass is 79.9. The Kier molecular flexibility index (Phi) is 5.05. The molecule has 0 atom stereocenters. The van der Waals surface area contributed by atoms with Crippen molar-refractivity contribution in [2.75, 3.05) is 19.0 Å². The maximum Gasteiger partial charge on any atom is 0.330 e. The Bertz CT molecular complexity index is 582. The molecule has 2 heterocycles. The number of nitrogens with zero attached hydrogens (tertiary/aromatic N) is 4. The normalized spacial score (nSPS) is 10.2. The maximum atomic E-state index is 5.55. The first-order valence-corrected chi connectivity index (χ1v) is 6.83. The first-order chi connectivity index (χ1) is 9.71. The highest BCUT2D eigenvalue weighted by molar-refractivity contribution is 9.10. The number of nitrogens with one attached hydrogen (secondary N) is 1. The molecule has 0 aromatic carbocycles. The van der Waals surface area contributed by atoms with Crippen molar-refractivity contribution in [1.29, 1.82) is 0 Å². The maximum absolute atomic E-state index is 5.55. The largest absolute Gasteiger partial charge is 0.467 e. The van der Waals surface area contributed by atoms with Gasteiger partial charge in [-0.25, -0.2) is 0 Å². The first kappa shape index (κ1) is 14.4. The van der Waals surface area contributed by atoms with Gasteiger partial charge >= 0.3 is 12.0 Å². The lowest BCUT2D eigenvalue weighted by Crippen LogP contribution is -2.07. The Hall–Kier alpha value is -1.96. The molecule has 0 radical (unpaired) electrons. The number of methoxy groups -OCH3 is 1. The van der Waals surface area contributed by atoms with Crippen LogP contribution in [-0.2, 0) is 0 Å². The molecule has 2 aromatic heterocycles. The third-order valence-electron chi connectivity index (χ3n) is 2.20. The van der Waals surface area contributed by atoms with Crippen LogP contribution in [0.1, 0.15) is 13.3 Å². The van der Waals surface area contributed by atoms with E-state index in [9.17, 15) is 0 Å². The van der Waals surface area contributed by atoms with Gasteiger partial charge in [-0.1, -0.05) is 6.92 Å².